The van der Waals surface area contributed by atoms with Crippen molar-refractivity contribution in [2.24, 2.45) is 10.1 Å². The molecule has 7 heteroatoms. The van der Waals surface area contributed by atoms with Crippen LogP contribution in [0.4, 0.5) is 0 Å². The number of fused-ring (bicyclic) bond motifs is 1. The largest absolute Gasteiger partial charge is 0.493 e. The summed E-state index contributed by atoms with van der Waals surface area (Å²) in [6, 6.07) is 4.06. The van der Waals surface area contributed by atoms with Crippen LogP contribution in [0.15, 0.2) is 22.2 Å². The number of rotatable bonds is 7. The fourth-order valence-corrected chi connectivity index (χ4v) is 2.66. The zero-order valence-corrected chi connectivity index (χ0v) is 14.2. The zero-order chi connectivity index (χ0) is 17.1. The number of carbonyl (C=O) groups excluding carboxylic acids is 1. The quantitative estimate of drug-likeness (QED) is 0.769. The average Bonchev–Trinajstić information content (AvgIpc) is 3.13. The lowest BCUT2D eigenvalue weighted by molar-refractivity contribution is -0.124. The number of hydrogen-bond acceptors (Lipinski definition) is 6. The molecule has 0 saturated heterocycles. The first kappa shape index (κ1) is 16.3. The number of amidine groups is 1. The summed E-state index contributed by atoms with van der Waals surface area (Å²) < 4.78 is 17.1. The van der Waals surface area contributed by atoms with Crippen molar-refractivity contribution >= 4 is 17.8 Å². The van der Waals surface area contributed by atoms with Gasteiger partial charge in [0.15, 0.2) is 0 Å². The summed E-state index contributed by atoms with van der Waals surface area (Å²) >= 11 is 0. The van der Waals surface area contributed by atoms with Gasteiger partial charge >= 0.3 is 6.02 Å². The molecule has 0 bridgehead atoms. The van der Waals surface area contributed by atoms with E-state index in [-0.39, 0.29) is 18.5 Å². The van der Waals surface area contributed by atoms with Gasteiger partial charge in [-0.15, -0.1) is 10.1 Å². The van der Waals surface area contributed by atoms with Crippen molar-refractivity contribution in [2.75, 3.05) is 19.8 Å². The molecule has 2 aliphatic heterocycles. The SMILES string of the molecule is CCCc1cc(C2=NN3C(=O)CN=C3O2)c(OCC)cc1OCC. The predicted molar refractivity (Wildman–Crippen MR) is 89.5 cm³/mol. The van der Waals surface area contributed by atoms with E-state index in [2.05, 4.69) is 17.0 Å². The van der Waals surface area contributed by atoms with Crippen molar-refractivity contribution in [1.82, 2.24) is 5.01 Å². The molecule has 7 nitrogen and oxygen atoms in total. The number of aliphatic imine (C=N–C) groups is 1. The van der Waals surface area contributed by atoms with E-state index in [4.69, 9.17) is 14.2 Å². The lowest BCUT2D eigenvalue weighted by atomic mass is 10.0. The van der Waals surface area contributed by atoms with Crippen LogP contribution in [0.2, 0.25) is 0 Å². The molecule has 0 radical (unpaired) electrons. The van der Waals surface area contributed by atoms with Crippen LogP contribution in [0.1, 0.15) is 38.3 Å². The van der Waals surface area contributed by atoms with Crippen LogP contribution in [-0.4, -0.2) is 42.6 Å². The summed E-state index contributed by atoms with van der Waals surface area (Å²) in [6.07, 6.45) is 1.85. The molecule has 0 saturated carbocycles. The fourth-order valence-electron chi connectivity index (χ4n) is 2.66. The highest BCUT2D eigenvalue weighted by atomic mass is 16.5. The maximum absolute atomic E-state index is 11.7. The third-order valence-electron chi connectivity index (χ3n) is 3.66. The molecule has 2 aliphatic rings. The normalized spacial score (nSPS) is 15.8. The van der Waals surface area contributed by atoms with Gasteiger partial charge in [-0.3, -0.25) is 4.79 Å². The monoisotopic (exact) mass is 331 g/mol. The first-order valence-corrected chi connectivity index (χ1v) is 8.24. The lowest BCUT2D eigenvalue weighted by Crippen LogP contribution is -2.23. The maximum Gasteiger partial charge on any atom is 0.323 e. The molecule has 1 aromatic carbocycles. The van der Waals surface area contributed by atoms with Gasteiger partial charge in [-0.2, -0.15) is 0 Å². The van der Waals surface area contributed by atoms with E-state index in [9.17, 15) is 4.79 Å². The van der Waals surface area contributed by atoms with Gasteiger partial charge in [0.1, 0.15) is 18.0 Å². The number of nitrogens with zero attached hydrogens (tertiary/aromatic N) is 3. The van der Waals surface area contributed by atoms with Gasteiger partial charge in [0, 0.05) is 6.07 Å². The number of amides is 1. The highest BCUT2D eigenvalue weighted by Crippen LogP contribution is 2.33. The smallest absolute Gasteiger partial charge is 0.323 e. The van der Waals surface area contributed by atoms with Crippen molar-refractivity contribution in [1.29, 1.82) is 0 Å². The minimum Gasteiger partial charge on any atom is -0.493 e. The fraction of sp³-hybridized carbons (Fsp3) is 0.471. The minimum absolute atomic E-state index is 0.0782. The summed E-state index contributed by atoms with van der Waals surface area (Å²) in [5.74, 6) is 1.55. The highest BCUT2D eigenvalue weighted by Gasteiger charge is 2.36. The van der Waals surface area contributed by atoms with Gasteiger partial charge in [0.2, 0.25) is 0 Å². The van der Waals surface area contributed by atoms with Crippen LogP contribution in [0.5, 0.6) is 11.5 Å². The maximum atomic E-state index is 11.7. The number of ether oxygens (including phenoxy) is 3. The van der Waals surface area contributed by atoms with Crippen LogP contribution >= 0.6 is 0 Å². The first-order chi connectivity index (χ1) is 11.7. The van der Waals surface area contributed by atoms with E-state index in [1.165, 1.54) is 5.01 Å². The zero-order valence-electron chi connectivity index (χ0n) is 14.2. The summed E-state index contributed by atoms with van der Waals surface area (Å²) in [6.45, 7) is 7.13. The summed E-state index contributed by atoms with van der Waals surface area (Å²) in [7, 11) is 0. The van der Waals surface area contributed by atoms with Crippen molar-refractivity contribution < 1.29 is 19.0 Å². The number of hydrogen-bond donors (Lipinski definition) is 0. The van der Waals surface area contributed by atoms with Gasteiger partial charge < -0.3 is 14.2 Å². The van der Waals surface area contributed by atoms with Gasteiger partial charge in [-0.25, -0.2) is 4.99 Å². The molecular weight excluding hydrogens is 310 g/mol. The second kappa shape index (κ2) is 6.90. The Balaban J connectivity index is 2.02. The van der Waals surface area contributed by atoms with Crippen LogP contribution < -0.4 is 9.47 Å². The standard InChI is InChI=1S/C17H21N3O4/c1-4-7-11-8-12(14(23-6-3)9-13(11)22-5-2)16-19-20-15(21)10-18-17(20)24-16/h8-9H,4-7,10H2,1-3H3. The molecule has 1 aromatic rings. The molecule has 0 N–H and O–H groups in total. The van der Waals surface area contributed by atoms with Gasteiger partial charge in [-0.1, -0.05) is 13.3 Å². The molecule has 0 unspecified atom stereocenters. The second-order valence-electron chi connectivity index (χ2n) is 5.38. The van der Waals surface area contributed by atoms with Crippen LogP contribution in [0.3, 0.4) is 0 Å². The Labute approximate surface area is 140 Å². The molecule has 2 heterocycles. The second-order valence-corrected chi connectivity index (χ2v) is 5.38. The molecule has 24 heavy (non-hydrogen) atoms. The van der Waals surface area contributed by atoms with E-state index in [0.29, 0.717) is 30.4 Å². The van der Waals surface area contributed by atoms with Crippen LogP contribution in [-0.2, 0) is 16.0 Å². The molecule has 1 amide bonds. The van der Waals surface area contributed by atoms with E-state index in [0.717, 1.165) is 24.2 Å². The molecule has 128 valence electrons. The van der Waals surface area contributed by atoms with Crippen molar-refractivity contribution in [3.05, 3.63) is 23.3 Å². The number of benzene rings is 1. The van der Waals surface area contributed by atoms with Gasteiger partial charge in [0.25, 0.3) is 11.8 Å². The Morgan fingerprint density at radius 3 is 2.58 bits per heavy atom. The van der Waals surface area contributed by atoms with Gasteiger partial charge in [0.05, 0.1) is 18.8 Å². The molecular formula is C17H21N3O4. The molecule has 0 atom stereocenters. The van der Waals surface area contributed by atoms with Gasteiger partial charge in [-0.05, 0) is 31.9 Å². The molecule has 0 aromatic heterocycles. The van der Waals surface area contributed by atoms with E-state index in [1.807, 2.05) is 26.0 Å². The third-order valence-corrected chi connectivity index (χ3v) is 3.66. The Kier molecular flexibility index (Phi) is 4.69. The average molecular weight is 331 g/mol. The van der Waals surface area contributed by atoms with E-state index >= 15 is 0 Å². The lowest BCUT2D eigenvalue weighted by Gasteiger charge is -2.15. The van der Waals surface area contributed by atoms with Crippen molar-refractivity contribution in [3.63, 3.8) is 0 Å². The van der Waals surface area contributed by atoms with E-state index in [1.54, 1.807) is 0 Å². The van der Waals surface area contributed by atoms with Crippen LogP contribution in [0, 0.1) is 0 Å². The molecule has 3 rings (SSSR count). The summed E-state index contributed by atoms with van der Waals surface area (Å²) in [4.78, 5) is 15.8. The molecule has 0 aliphatic carbocycles. The Bertz CT molecular complexity index is 712. The van der Waals surface area contributed by atoms with E-state index < -0.39 is 0 Å². The minimum atomic E-state index is -0.197. The highest BCUT2D eigenvalue weighted by molar-refractivity contribution is 6.13. The molecule has 0 spiro atoms. The number of aryl methyl sites for hydroxylation is 1. The summed E-state index contributed by atoms with van der Waals surface area (Å²) in [5, 5.41) is 5.44. The topological polar surface area (TPSA) is 72.7 Å². The third kappa shape index (κ3) is 2.93. The number of hydrazone groups is 1. The number of carbonyl (C=O) groups is 1. The molecule has 0 fully saturated rings. The predicted octanol–water partition coefficient (Wildman–Crippen LogP) is 2.33. The first-order valence-electron chi connectivity index (χ1n) is 8.24. The van der Waals surface area contributed by atoms with Crippen molar-refractivity contribution in [3.8, 4) is 11.5 Å². The van der Waals surface area contributed by atoms with Crippen molar-refractivity contribution in [2.45, 2.75) is 33.6 Å². The Morgan fingerprint density at radius 2 is 1.92 bits per heavy atom. The Hall–Kier alpha value is -2.57. The summed E-state index contributed by atoms with van der Waals surface area (Å²) in [5.41, 5.74) is 1.76. The van der Waals surface area contributed by atoms with Crippen LogP contribution in [0.25, 0.3) is 0 Å². The Morgan fingerprint density at radius 1 is 1.17 bits per heavy atom.